The number of rotatable bonds is 6. The van der Waals surface area contributed by atoms with E-state index in [9.17, 15) is 0 Å². The summed E-state index contributed by atoms with van der Waals surface area (Å²) in [6, 6.07) is 2.01. The van der Waals surface area contributed by atoms with E-state index in [2.05, 4.69) is 29.4 Å². The number of piperidine rings is 1. The molecule has 1 aliphatic heterocycles. The first-order valence-electron chi connectivity index (χ1n) is 11.7. The summed E-state index contributed by atoms with van der Waals surface area (Å²) in [4.78, 5) is 7.49. The molecule has 0 aromatic rings. The van der Waals surface area contributed by atoms with Gasteiger partial charge >= 0.3 is 0 Å². The highest BCUT2D eigenvalue weighted by molar-refractivity contribution is 5.80. The van der Waals surface area contributed by atoms with Crippen LogP contribution in [0.5, 0.6) is 0 Å². The van der Waals surface area contributed by atoms with E-state index < -0.39 is 0 Å². The lowest BCUT2D eigenvalue weighted by Gasteiger charge is -2.58. The molecule has 0 aromatic heterocycles. The maximum atomic E-state index is 6.13. The number of likely N-dealkylation sites (tertiary alicyclic amines) is 1. The van der Waals surface area contributed by atoms with E-state index in [0.29, 0.717) is 23.6 Å². The first kappa shape index (κ1) is 19.5. The highest BCUT2D eigenvalue weighted by atomic mass is 16.5. The molecule has 1 saturated heterocycles. The van der Waals surface area contributed by atoms with Crippen LogP contribution in [-0.4, -0.2) is 61.3 Å². The molecule has 2 unspecified atom stereocenters. The van der Waals surface area contributed by atoms with E-state index in [-0.39, 0.29) is 0 Å². The van der Waals surface area contributed by atoms with Gasteiger partial charge in [-0.15, -0.1) is 0 Å². The molecule has 2 atom stereocenters. The second kappa shape index (κ2) is 8.69. The molecule has 154 valence electrons. The minimum Gasteiger partial charge on any atom is -0.378 e. The molecule has 1 spiro atoms. The Labute approximate surface area is 165 Å². The van der Waals surface area contributed by atoms with Gasteiger partial charge in [0.2, 0.25) is 0 Å². The summed E-state index contributed by atoms with van der Waals surface area (Å²) in [6.45, 7) is 8.46. The summed E-state index contributed by atoms with van der Waals surface area (Å²) in [6.07, 6.45) is 13.7. The SMILES string of the molecule is CCN=C(NC1CCN(C2CC2)CC1)NC1CC(OCC)C12CCCCC2. The van der Waals surface area contributed by atoms with Crippen molar-refractivity contribution in [2.75, 3.05) is 26.2 Å². The average Bonchev–Trinajstić information content (AvgIpc) is 3.54. The zero-order chi connectivity index (χ0) is 18.7. The third kappa shape index (κ3) is 4.29. The summed E-state index contributed by atoms with van der Waals surface area (Å²) in [7, 11) is 0. The molecular formula is C22H40N4O. The molecule has 4 aliphatic rings. The fourth-order valence-electron chi connectivity index (χ4n) is 5.76. The van der Waals surface area contributed by atoms with Crippen molar-refractivity contribution in [3.63, 3.8) is 0 Å². The topological polar surface area (TPSA) is 48.9 Å². The number of hydrogen-bond acceptors (Lipinski definition) is 3. The summed E-state index contributed by atoms with van der Waals surface area (Å²) >= 11 is 0. The molecule has 3 saturated carbocycles. The average molecular weight is 377 g/mol. The van der Waals surface area contributed by atoms with Crippen molar-refractivity contribution in [2.24, 2.45) is 10.4 Å². The third-order valence-corrected chi connectivity index (χ3v) is 7.50. The van der Waals surface area contributed by atoms with Gasteiger partial charge in [0.15, 0.2) is 5.96 Å². The van der Waals surface area contributed by atoms with Crippen LogP contribution in [0.4, 0.5) is 0 Å². The van der Waals surface area contributed by atoms with Gasteiger partial charge in [-0.05, 0) is 58.8 Å². The summed E-state index contributed by atoms with van der Waals surface area (Å²) in [5, 5.41) is 7.62. The molecule has 5 nitrogen and oxygen atoms in total. The van der Waals surface area contributed by atoms with Gasteiger partial charge in [-0.2, -0.15) is 0 Å². The van der Waals surface area contributed by atoms with Crippen LogP contribution < -0.4 is 10.6 Å². The van der Waals surface area contributed by atoms with E-state index in [1.165, 1.54) is 70.9 Å². The molecule has 0 aromatic carbocycles. The van der Waals surface area contributed by atoms with Crippen LogP contribution in [0.2, 0.25) is 0 Å². The van der Waals surface area contributed by atoms with Crippen molar-refractivity contribution >= 4 is 5.96 Å². The number of guanidine groups is 1. The highest BCUT2D eigenvalue weighted by Gasteiger charge is 2.56. The van der Waals surface area contributed by atoms with E-state index in [1.54, 1.807) is 0 Å². The number of hydrogen-bond donors (Lipinski definition) is 2. The maximum Gasteiger partial charge on any atom is 0.191 e. The molecular weight excluding hydrogens is 336 g/mol. The number of nitrogens with one attached hydrogen (secondary N) is 2. The monoisotopic (exact) mass is 376 g/mol. The first-order chi connectivity index (χ1) is 13.2. The van der Waals surface area contributed by atoms with Gasteiger partial charge in [-0.25, -0.2) is 0 Å². The molecule has 4 rings (SSSR count). The third-order valence-electron chi connectivity index (χ3n) is 7.50. The van der Waals surface area contributed by atoms with E-state index >= 15 is 0 Å². The van der Waals surface area contributed by atoms with Gasteiger partial charge in [-0.3, -0.25) is 4.99 Å². The largest absolute Gasteiger partial charge is 0.378 e. The van der Waals surface area contributed by atoms with Crippen LogP contribution in [0.15, 0.2) is 4.99 Å². The Morgan fingerprint density at radius 1 is 1.04 bits per heavy atom. The number of nitrogens with zero attached hydrogens (tertiary/aromatic N) is 2. The molecule has 0 bridgehead atoms. The Kier molecular flexibility index (Phi) is 6.28. The van der Waals surface area contributed by atoms with Crippen LogP contribution in [0.1, 0.15) is 78.1 Å². The first-order valence-corrected chi connectivity index (χ1v) is 11.7. The van der Waals surface area contributed by atoms with E-state index in [1.807, 2.05) is 0 Å². The highest BCUT2D eigenvalue weighted by Crippen LogP contribution is 2.53. The van der Waals surface area contributed by atoms with E-state index in [0.717, 1.165) is 31.6 Å². The molecule has 2 N–H and O–H groups in total. The summed E-state index contributed by atoms with van der Waals surface area (Å²) < 4.78 is 6.13. The molecule has 3 aliphatic carbocycles. The van der Waals surface area contributed by atoms with Crippen molar-refractivity contribution < 1.29 is 4.74 Å². The summed E-state index contributed by atoms with van der Waals surface area (Å²) in [5.74, 6) is 1.05. The van der Waals surface area contributed by atoms with Crippen LogP contribution in [0, 0.1) is 5.41 Å². The number of aliphatic imine (C=N–C) groups is 1. The molecule has 1 heterocycles. The molecule has 5 heteroatoms. The molecule has 27 heavy (non-hydrogen) atoms. The van der Waals surface area contributed by atoms with Crippen LogP contribution in [0.3, 0.4) is 0 Å². The van der Waals surface area contributed by atoms with Crippen LogP contribution >= 0.6 is 0 Å². The predicted octanol–water partition coefficient (Wildman–Crippen LogP) is 3.30. The zero-order valence-electron chi connectivity index (χ0n) is 17.5. The van der Waals surface area contributed by atoms with Crippen LogP contribution in [-0.2, 0) is 4.74 Å². The van der Waals surface area contributed by atoms with Crippen molar-refractivity contribution in [3.8, 4) is 0 Å². The van der Waals surface area contributed by atoms with Crippen molar-refractivity contribution in [1.82, 2.24) is 15.5 Å². The predicted molar refractivity (Wildman–Crippen MR) is 111 cm³/mol. The normalized spacial score (nSPS) is 32.3. The lowest BCUT2D eigenvalue weighted by Crippen LogP contribution is -2.67. The van der Waals surface area contributed by atoms with Crippen LogP contribution in [0.25, 0.3) is 0 Å². The fourth-order valence-corrected chi connectivity index (χ4v) is 5.76. The van der Waals surface area contributed by atoms with Crippen molar-refractivity contribution in [3.05, 3.63) is 0 Å². The van der Waals surface area contributed by atoms with Gasteiger partial charge < -0.3 is 20.3 Å². The lowest BCUT2D eigenvalue weighted by atomic mass is 9.55. The second-order valence-electron chi connectivity index (χ2n) is 9.18. The minimum absolute atomic E-state index is 0.347. The second-order valence-corrected chi connectivity index (χ2v) is 9.18. The van der Waals surface area contributed by atoms with Crippen molar-refractivity contribution in [2.45, 2.75) is 102 Å². The number of ether oxygens (including phenoxy) is 1. The standard InChI is InChI=1S/C22H40N4O/c1-3-23-21(24-17-10-14-26(15-11-17)18-8-9-18)25-19-16-20(27-4-2)22(19)12-6-5-7-13-22/h17-20H,3-16H2,1-2H3,(H2,23,24,25). The van der Waals surface area contributed by atoms with Gasteiger partial charge in [0.05, 0.1) is 6.10 Å². The zero-order valence-corrected chi connectivity index (χ0v) is 17.5. The van der Waals surface area contributed by atoms with Crippen molar-refractivity contribution in [1.29, 1.82) is 0 Å². The molecule has 4 fully saturated rings. The summed E-state index contributed by atoms with van der Waals surface area (Å²) in [5.41, 5.74) is 0.347. The lowest BCUT2D eigenvalue weighted by molar-refractivity contribution is -0.145. The Balaban J connectivity index is 1.33. The minimum atomic E-state index is 0.347. The quantitative estimate of drug-likeness (QED) is 0.552. The Hall–Kier alpha value is -0.810. The Morgan fingerprint density at radius 3 is 2.41 bits per heavy atom. The van der Waals surface area contributed by atoms with Gasteiger partial charge in [0, 0.05) is 49.8 Å². The molecule has 0 amide bonds. The van der Waals surface area contributed by atoms with Gasteiger partial charge in [-0.1, -0.05) is 19.3 Å². The fraction of sp³-hybridized carbons (Fsp3) is 0.955. The Morgan fingerprint density at radius 2 is 1.78 bits per heavy atom. The maximum absolute atomic E-state index is 6.13. The van der Waals surface area contributed by atoms with Gasteiger partial charge in [0.25, 0.3) is 0 Å². The van der Waals surface area contributed by atoms with Gasteiger partial charge in [0.1, 0.15) is 0 Å². The molecule has 0 radical (unpaired) electrons. The van der Waals surface area contributed by atoms with E-state index in [4.69, 9.17) is 9.73 Å². The Bertz CT molecular complexity index is 504. The smallest absolute Gasteiger partial charge is 0.191 e.